The van der Waals surface area contributed by atoms with Crippen molar-refractivity contribution in [1.82, 2.24) is 10.6 Å². The molecule has 0 aromatic heterocycles. The first kappa shape index (κ1) is 17.9. The van der Waals surface area contributed by atoms with Crippen molar-refractivity contribution in [3.8, 4) is 0 Å². The molecule has 0 bridgehead atoms. The minimum Gasteiger partial charge on any atom is -0.412 e. The maximum Gasteiger partial charge on any atom is 0.328 e. The third-order valence-corrected chi connectivity index (χ3v) is 2.79. The molecule has 108 valence electrons. The summed E-state index contributed by atoms with van der Waals surface area (Å²) in [5.74, 6) is -1.10. The van der Waals surface area contributed by atoms with Gasteiger partial charge in [0, 0.05) is 6.07 Å². The fourth-order valence-corrected chi connectivity index (χ4v) is 1.70. The first-order chi connectivity index (χ1) is 8.90. The molecule has 0 aliphatic carbocycles. The third kappa shape index (κ3) is 5.71. The molecule has 9 nitrogen and oxygen atoms in total. The normalized spacial score (nSPS) is 13.2. The lowest BCUT2D eigenvalue weighted by atomic mass is 10.3. The van der Waals surface area contributed by atoms with E-state index in [1.165, 1.54) is 6.07 Å². The molecule has 1 aliphatic rings. The summed E-state index contributed by atoms with van der Waals surface area (Å²) in [5.41, 5.74) is 0.170. The number of hydrogen-bond acceptors (Lipinski definition) is 5. The Bertz CT molecular complexity index is 502. The van der Waals surface area contributed by atoms with Gasteiger partial charge in [-0.05, 0) is 28.7 Å². The zero-order chi connectivity index (χ0) is 14.4. The second-order valence-corrected chi connectivity index (χ2v) is 4.47. The summed E-state index contributed by atoms with van der Waals surface area (Å²) in [7, 11) is 0. The molecule has 0 radical (unpaired) electrons. The number of carbonyl (C=O) groups is 3. The maximum absolute atomic E-state index is 10.3. The van der Waals surface area contributed by atoms with Crippen molar-refractivity contribution in [3.63, 3.8) is 0 Å². The average Bonchev–Trinajstić information content (AvgIpc) is 2.27. The largest absolute Gasteiger partial charge is 0.412 e. The summed E-state index contributed by atoms with van der Waals surface area (Å²) >= 11 is 1.93. The van der Waals surface area contributed by atoms with Gasteiger partial charge >= 0.3 is 6.03 Å². The van der Waals surface area contributed by atoms with Crippen LogP contribution in [0.3, 0.4) is 0 Å². The van der Waals surface area contributed by atoms with Crippen LogP contribution >= 0.6 is 22.6 Å². The Morgan fingerprint density at radius 2 is 1.60 bits per heavy atom. The Labute approximate surface area is 126 Å². The molecule has 0 atom stereocenters. The summed E-state index contributed by atoms with van der Waals surface area (Å²) in [5, 5.41) is 14.0. The number of hydrogen-bond donors (Lipinski definition) is 2. The van der Waals surface area contributed by atoms with Crippen molar-refractivity contribution >= 4 is 46.1 Å². The number of nitro benzene ring substituents is 1. The van der Waals surface area contributed by atoms with Gasteiger partial charge in [0.1, 0.15) is 6.42 Å². The van der Waals surface area contributed by atoms with Gasteiger partial charge in [0.15, 0.2) is 0 Å². The number of amides is 4. The number of para-hydroxylation sites is 1. The monoisotopic (exact) mass is 395 g/mol. The summed E-state index contributed by atoms with van der Waals surface area (Å²) in [6.45, 7) is 0. The van der Waals surface area contributed by atoms with Crippen LogP contribution in [-0.2, 0) is 9.59 Å². The van der Waals surface area contributed by atoms with E-state index in [0.29, 0.717) is 3.57 Å². The molecule has 1 aromatic carbocycles. The van der Waals surface area contributed by atoms with Gasteiger partial charge in [0.25, 0.3) is 5.69 Å². The molecule has 4 N–H and O–H groups in total. The van der Waals surface area contributed by atoms with Crippen LogP contribution in [-0.4, -0.2) is 28.2 Å². The summed E-state index contributed by atoms with van der Waals surface area (Å²) in [6.07, 6.45) is -0.258. The predicted octanol–water partition coefficient (Wildman–Crippen LogP) is 0.117. The summed E-state index contributed by atoms with van der Waals surface area (Å²) in [6, 6.07) is 5.88. The Balaban J connectivity index is 0.000000345. The lowest BCUT2D eigenvalue weighted by Gasteiger charge is -2.09. The fraction of sp³-hybridized carbons (Fsp3) is 0.100. The van der Waals surface area contributed by atoms with Crippen molar-refractivity contribution in [2.24, 2.45) is 0 Å². The van der Waals surface area contributed by atoms with Crippen LogP contribution in [0, 0.1) is 13.7 Å². The van der Waals surface area contributed by atoms with Crippen LogP contribution in [0.4, 0.5) is 10.5 Å². The van der Waals surface area contributed by atoms with Gasteiger partial charge < -0.3 is 5.48 Å². The van der Waals surface area contributed by atoms with E-state index in [2.05, 4.69) is 0 Å². The molecular formula is C10H10IN3O6. The van der Waals surface area contributed by atoms with Crippen LogP contribution in [0.5, 0.6) is 0 Å². The molecule has 4 amide bonds. The quantitative estimate of drug-likeness (QED) is 0.300. The first-order valence-electron chi connectivity index (χ1n) is 4.92. The van der Waals surface area contributed by atoms with Gasteiger partial charge in [-0.2, -0.15) is 0 Å². The second kappa shape index (κ2) is 8.16. The van der Waals surface area contributed by atoms with Crippen molar-refractivity contribution < 1.29 is 24.8 Å². The first-order valence-corrected chi connectivity index (χ1v) is 6.00. The van der Waals surface area contributed by atoms with E-state index in [-0.39, 0.29) is 22.5 Å². The minimum atomic E-state index is -0.740. The molecule has 20 heavy (non-hydrogen) atoms. The zero-order valence-electron chi connectivity index (χ0n) is 9.88. The van der Waals surface area contributed by atoms with E-state index in [1.54, 1.807) is 18.2 Å². The topological polar surface area (TPSA) is 150 Å². The molecule has 0 saturated carbocycles. The lowest BCUT2D eigenvalue weighted by molar-refractivity contribution is -0.385. The van der Waals surface area contributed by atoms with E-state index in [9.17, 15) is 24.5 Å². The van der Waals surface area contributed by atoms with Crippen molar-refractivity contribution in [3.05, 3.63) is 37.9 Å². The Hall–Kier alpha value is -2.08. The number of imide groups is 2. The van der Waals surface area contributed by atoms with Gasteiger partial charge in [0.05, 0.1) is 8.49 Å². The molecule has 1 aromatic rings. The molecule has 0 unspecified atom stereocenters. The van der Waals surface area contributed by atoms with Crippen LogP contribution in [0.2, 0.25) is 0 Å². The molecule has 1 aliphatic heterocycles. The molecule has 1 saturated heterocycles. The average molecular weight is 395 g/mol. The highest BCUT2D eigenvalue weighted by molar-refractivity contribution is 14.1. The van der Waals surface area contributed by atoms with Gasteiger partial charge in [-0.25, -0.2) is 4.79 Å². The van der Waals surface area contributed by atoms with E-state index >= 15 is 0 Å². The smallest absolute Gasteiger partial charge is 0.328 e. The van der Waals surface area contributed by atoms with Crippen molar-refractivity contribution in [2.45, 2.75) is 6.42 Å². The van der Waals surface area contributed by atoms with E-state index in [4.69, 9.17) is 0 Å². The number of halogens is 1. The van der Waals surface area contributed by atoms with Crippen LogP contribution in [0.1, 0.15) is 6.42 Å². The number of carbonyl (C=O) groups excluding carboxylic acids is 3. The molecule has 1 heterocycles. The number of nitro groups is 1. The summed E-state index contributed by atoms with van der Waals surface area (Å²) < 4.78 is 0.671. The molecule has 1 fully saturated rings. The van der Waals surface area contributed by atoms with E-state index in [0.717, 1.165) is 0 Å². The Morgan fingerprint density at radius 1 is 1.10 bits per heavy atom. The predicted molar refractivity (Wildman–Crippen MR) is 75.7 cm³/mol. The standard InChI is InChI=1S/C6H4INO2.C4H4N2O3.H2O/c7-5-3-1-2-4-6(5)8(9)10;7-2-1-3(8)6-4(9)5-2;/h1-4H;1H2,(H2,5,6,7,8,9);1H2. The highest BCUT2D eigenvalue weighted by atomic mass is 127. The SMILES string of the molecule is O.O=C1CC(=O)NC(=O)N1.O=[N+]([O-])c1ccccc1I. The Morgan fingerprint density at radius 3 is 1.95 bits per heavy atom. The van der Waals surface area contributed by atoms with E-state index < -0.39 is 17.8 Å². The van der Waals surface area contributed by atoms with Gasteiger partial charge in [-0.3, -0.25) is 30.3 Å². The molecule has 0 spiro atoms. The number of nitrogens with zero attached hydrogens (tertiary/aromatic N) is 1. The second-order valence-electron chi connectivity index (χ2n) is 3.31. The van der Waals surface area contributed by atoms with Crippen LogP contribution in [0.25, 0.3) is 0 Å². The number of rotatable bonds is 1. The lowest BCUT2D eigenvalue weighted by Crippen LogP contribution is -2.49. The third-order valence-electron chi connectivity index (χ3n) is 1.88. The fourth-order valence-electron chi connectivity index (χ4n) is 1.12. The van der Waals surface area contributed by atoms with Crippen LogP contribution in [0.15, 0.2) is 24.3 Å². The van der Waals surface area contributed by atoms with Gasteiger partial charge in [-0.1, -0.05) is 12.1 Å². The van der Waals surface area contributed by atoms with Crippen molar-refractivity contribution in [1.29, 1.82) is 0 Å². The molecule has 2 rings (SSSR count). The number of nitrogens with one attached hydrogen (secondary N) is 2. The highest BCUT2D eigenvalue weighted by Crippen LogP contribution is 2.18. The number of benzene rings is 1. The zero-order valence-corrected chi connectivity index (χ0v) is 12.0. The molecule has 10 heteroatoms. The maximum atomic E-state index is 10.3. The number of urea groups is 1. The number of barbiturate groups is 1. The minimum absolute atomic E-state index is 0. The van der Waals surface area contributed by atoms with Crippen LogP contribution < -0.4 is 10.6 Å². The summed E-state index contributed by atoms with van der Waals surface area (Å²) in [4.78, 5) is 40.6. The van der Waals surface area contributed by atoms with E-state index in [1.807, 2.05) is 33.2 Å². The molecular weight excluding hydrogens is 385 g/mol. The van der Waals surface area contributed by atoms with Crippen molar-refractivity contribution in [2.75, 3.05) is 0 Å². The Kier molecular flexibility index (Phi) is 7.31. The highest BCUT2D eigenvalue weighted by Gasteiger charge is 2.20. The van der Waals surface area contributed by atoms with Gasteiger partial charge in [-0.15, -0.1) is 0 Å². The van der Waals surface area contributed by atoms with Gasteiger partial charge in [0.2, 0.25) is 11.8 Å².